The first kappa shape index (κ1) is 23.5. The zero-order valence-corrected chi connectivity index (χ0v) is 17.5. The van der Waals surface area contributed by atoms with Gasteiger partial charge in [-0.1, -0.05) is 30.1 Å². The van der Waals surface area contributed by atoms with Gasteiger partial charge in [-0.15, -0.1) is 0 Å². The molecular formula is C18H17Cl2F3N2O3S. The van der Waals surface area contributed by atoms with E-state index in [9.17, 15) is 26.4 Å². The minimum absolute atomic E-state index is 0.00508. The minimum Gasteiger partial charge on any atom is -0.324 e. The number of anilines is 1. The van der Waals surface area contributed by atoms with Crippen molar-refractivity contribution >= 4 is 44.8 Å². The summed E-state index contributed by atoms with van der Waals surface area (Å²) in [4.78, 5) is 12.3. The van der Waals surface area contributed by atoms with Crippen molar-refractivity contribution in [3.63, 3.8) is 0 Å². The second-order valence-electron chi connectivity index (χ2n) is 6.03. The molecule has 2 aromatic carbocycles. The minimum atomic E-state index is -4.74. The quantitative estimate of drug-likeness (QED) is 0.617. The fraction of sp³-hybridized carbons (Fsp3) is 0.278. The van der Waals surface area contributed by atoms with Crippen molar-refractivity contribution in [2.75, 3.05) is 18.4 Å². The maximum atomic E-state index is 13.2. The summed E-state index contributed by atoms with van der Waals surface area (Å²) < 4.78 is 66.0. The Hall–Kier alpha value is -1.81. The molecule has 1 amide bonds. The summed E-state index contributed by atoms with van der Waals surface area (Å²) in [5.74, 6) is -0.913. The van der Waals surface area contributed by atoms with Gasteiger partial charge in [-0.25, -0.2) is 8.42 Å². The Kier molecular flexibility index (Phi) is 7.56. The van der Waals surface area contributed by atoms with Crippen LogP contribution in [0.25, 0.3) is 0 Å². The van der Waals surface area contributed by atoms with Crippen LogP contribution in [0.15, 0.2) is 47.4 Å². The summed E-state index contributed by atoms with van der Waals surface area (Å²) in [5.41, 5.74) is -1.63. The van der Waals surface area contributed by atoms with E-state index in [1.54, 1.807) is 6.92 Å². The van der Waals surface area contributed by atoms with Crippen molar-refractivity contribution < 1.29 is 26.4 Å². The van der Waals surface area contributed by atoms with Gasteiger partial charge in [-0.3, -0.25) is 4.79 Å². The van der Waals surface area contributed by atoms with Gasteiger partial charge in [0.25, 0.3) is 0 Å². The zero-order valence-electron chi connectivity index (χ0n) is 15.1. The third-order valence-corrected chi connectivity index (χ3v) is 6.15. The molecule has 5 nitrogen and oxygen atoms in total. The van der Waals surface area contributed by atoms with E-state index >= 15 is 0 Å². The van der Waals surface area contributed by atoms with Crippen LogP contribution < -0.4 is 5.32 Å². The Balaban J connectivity index is 2.26. The van der Waals surface area contributed by atoms with Crippen LogP contribution in [0.1, 0.15) is 18.9 Å². The molecule has 0 aromatic heterocycles. The molecule has 0 aliphatic carbocycles. The first-order chi connectivity index (χ1) is 13.4. The highest BCUT2D eigenvalue weighted by atomic mass is 35.5. The summed E-state index contributed by atoms with van der Waals surface area (Å²) in [6, 6.07) is 8.26. The molecule has 11 heteroatoms. The van der Waals surface area contributed by atoms with Gasteiger partial charge in [-0.05, 0) is 48.9 Å². The Bertz CT molecular complexity index is 981. The summed E-state index contributed by atoms with van der Waals surface area (Å²) in [6.45, 7) is 1.06. The number of rotatable bonds is 7. The SMILES string of the molecule is CCCN(CC(=O)Nc1ccc(Cl)cc1C(F)(F)F)S(=O)(=O)c1ccc(Cl)cc1. The van der Waals surface area contributed by atoms with Crippen molar-refractivity contribution in [2.45, 2.75) is 24.4 Å². The van der Waals surface area contributed by atoms with Gasteiger partial charge >= 0.3 is 6.18 Å². The number of nitrogens with one attached hydrogen (secondary N) is 1. The largest absolute Gasteiger partial charge is 0.418 e. The van der Waals surface area contributed by atoms with Gasteiger partial charge in [0.2, 0.25) is 15.9 Å². The van der Waals surface area contributed by atoms with Crippen LogP contribution in [-0.4, -0.2) is 31.7 Å². The van der Waals surface area contributed by atoms with E-state index in [-0.39, 0.29) is 16.5 Å². The van der Waals surface area contributed by atoms with Crippen LogP contribution in [0.3, 0.4) is 0 Å². The van der Waals surface area contributed by atoms with E-state index in [0.29, 0.717) is 17.5 Å². The molecule has 0 unspecified atom stereocenters. The molecule has 0 atom stereocenters. The third kappa shape index (κ3) is 6.08. The fourth-order valence-electron chi connectivity index (χ4n) is 2.50. The van der Waals surface area contributed by atoms with Crippen molar-refractivity contribution in [2.24, 2.45) is 0 Å². The van der Waals surface area contributed by atoms with E-state index in [4.69, 9.17) is 23.2 Å². The van der Waals surface area contributed by atoms with Gasteiger partial charge in [0.1, 0.15) is 0 Å². The molecular weight excluding hydrogens is 452 g/mol. The van der Waals surface area contributed by atoms with Crippen LogP contribution in [0.4, 0.5) is 18.9 Å². The van der Waals surface area contributed by atoms with Crippen molar-refractivity contribution in [3.05, 3.63) is 58.1 Å². The maximum absolute atomic E-state index is 13.2. The van der Waals surface area contributed by atoms with Gasteiger partial charge in [0.15, 0.2) is 0 Å². The first-order valence-corrected chi connectivity index (χ1v) is 10.6. The van der Waals surface area contributed by atoms with Crippen molar-refractivity contribution in [1.82, 2.24) is 4.31 Å². The van der Waals surface area contributed by atoms with Crippen LogP contribution in [0.5, 0.6) is 0 Å². The molecule has 0 radical (unpaired) electrons. The number of carbonyl (C=O) groups is 1. The average molecular weight is 469 g/mol. The Labute approximate surface area is 176 Å². The maximum Gasteiger partial charge on any atom is 0.418 e. The second kappa shape index (κ2) is 9.34. The molecule has 2 aromatic rings. The third-order valence-electron chi connectivity index (χ3n) is 3.81. The Morgan fingerprint density at radius 3 is 2.21 bits per heavy atom. The molecule has 2 rings (SSSR count). The molecule has 0 fully saturated rings. The number of benzene rings is 2. The Morgan fingerprint density at radius 2 is 1.66 bits per heavy atom. The summed E-state index contributed by atoms with van der Waals surface area (Å²) in [7, 11) is -4.04. The lowest BCUT2D eigenvalue weighted by Gasteiger charge is -2.22. The van der Waals surface area contributed by atoms with Gasteiger partial charge < -0.3 is 5.32 Å². The number of amides is 1. The van der Waals surface area contributed by atoms with Gasteiger partial charge in [-0.2, -0.15) is 17.5 Å². The molecule has 0 spiro atoms. The fourth-order valence-corrected chi connectivity index (χ4v) is 4.29. The number of hydrogen-bond acceptors (Lipinski definition) is 3. The van der Waals surface area contributed by atoms with Crippen LogP contribution in [-0.2, 0) is 21.0 Å². The number of hydrogen-bond donors (Lipinski definition) is 1. The van der Waals surface area contributed by atoms with Crippen molar-refractivity contribution in [1.29, 1.82) is 0 Å². The monoisotopic (exact) mass is 468 g/mol. The predicted octanol–water partition coefficient (Wildman–Crippen LogP) is 5.05. The summed E-state index contributed by atoms with van der Waals surface area (Å²) in [5, 5.41) is 2.31. The highest BCUT2D eigenvalue weighted by Crippen LogP contribution is 2.36. The van der Waals surface area contributed by atoms with E-state index < -0.39 is 39.9 Å². The molecule has 0 saturated carbocycles. The molecule has 0 aliphatic heterocycles. The van der Waals surface area contributed by atoms with Crippen LogP contribution in [0.2, 0.25) is 10.0 Å². The lowest BCUT2D eigenvalue weighted by Crippen LogP contribution is -2.38. The first-order valence-electron chi connectivity index (χ1n) is 8.37. The molecule has 1 N–H and O–H groups in total. The Morgan fingerprint density at radius 1 is 1.07 bits per heavy atom. The summed E-state index contributed by atoms with van der Waals surface area (Å²) in [6.07, 6.45) is -4.35. The lowest BCUT2D eigenvalue weighted by atomic mass is 10.1. The van der Waals surface area contributed by atoms with Crippen LogP contribution >= 0.6 is 23.2 Å². The van der Waals surface area contributed by atoms with Gasteiger partial charge in [0, 0.05) is 16.6 Å². The predicted molar refractivity (Wildman–Crippen MR) is 106 cm³/mol. The molecule has 0 bridgehead atoms. The highest BCUT2D eigenvalue weighted by molar-refractivity contribution is 7.89. The van der Waals surface area contributed by atoms with Gasteiger partial charge in [0.05, 0.1) is 22.7 Å². The standard InChI is InChI=1S/C18H17Cl2F3N2O3S/c1-2-9-25(29(27,28)14-6-3-12(19)4-7-14)11-17(26)24-16-8-5-13(20)10-15(16)18(21,22)23/h3-8,10H,2,9,11H2,1H3,(H,24,26). The topological polar surface area (TPSA) is 66.5 Å². The van der Waals surface area contributed by atoms with E-state index in [1.807, 2.05) is 0 Å². The number of sulfonamides is 1. The number of alkyl halides is 3. The normalized spacial score (nSPS) is 12.2. The molecule has 158 valence electrons. The average Bonchev–Trinajstić information content (AvgIpc) is 2.62. The second-order valence-corrected chi connectivity index (χ2v) is 8.84. The smallest absolute Gasteiger partial charge is 0.324 e. The lowest BCUT2D eigenvalue weighted by molar-refractivity contribution is -0.137. The van der Waals surface area contributed by atoms with Crippen molar-refractivity contribution in [3.8, 4) is 0 Å². The number of halogens is 5. The molecule has 0 saturated heterocycles. The summed E-state index contributed by atoms with van der Waals surface area (Å²) >= 11 is 11.4. The van der Waals surface area contributed by atoms with E-state index in [2.05, 4.69) is 5.32 Å². The van der Waals surface area contributed by atoms with E-state index in [1.165, 1.54) is 30.3 Å². The molecule has 0 heterocycles. The molecule has 0 aliphatic rings. The number of nitrogens with zero attached hydrogens (tertiary/aromatic N) is 1. The zero-order chi connectivity index (χ0) is 21.8. The van der Waals surface area contributed by atoms with E-state index in [0.717, 1.165) is 10.4 Å². The molecule has 29 heavy (non-hydrogen) atoms. The number of carbonyl (C=O) groups excluding carboxylic acids is 1. The van der Waals surface area contributed by atoms with Crippen LogP contribution in [0, 0.1) is 0 Å². The highest BCUT2D eigenvalue weighted by Gasteiger charge is 2.34.